The van der Waals surface area contributed by atoms with E-state index in [1.54, 1.807) is 24.3 Å². The third-order valence-corrected chi connectivity index (χ3v) is 5.00. The van der Waals surface area contributed by atoms with Crippen LogP contribution in [0, 0.1) is 18.8 Å². The van der Waals surface area contributed by atoms with Crippen LogP contribution in [0.25, 0.3) is 0 Å². The summed E-state index contributed by atoms with van der Waals surface area (Å²) in [4.78, 5) is 0.287. The van der Waals surface area contributed by atoms with Crippen molar-refractivity contribution in [1.82, 2.24) is 4.31 Å². The van der Waals surface area contributed by atoms with E-state index in [0.717, 1.165) is 18.4 Å². The summed E-state index contributed by atoms with van der Waals surface area (Å²) in [6, 6.07) is 6.84. The van der Waals surface area contributed by atoms with E-state index in [4.69, 9.17) is 11.6 Å². The molecule has 1 aromatic carbocycles. The summed E-state index contributed by atoms with van der Waals surface area (Å²) in [5.74, 6) is 5.69. The topological polar surface area (TPSA) is 37.4 Å². The number of nitrogens with zero attached hydrogens (tertiary/aromatic N) is 1. The average Bonchev–Trinajstić information content (AvgIpc) is 2.50. The fourth-order valence-corrected chi connectivity index (χ4v) is 3.16. The first-order chi connectivity index (χ1) is 10.5. The number of halogens is 1. The molecule has 0 saturated carbocycles. The van der Waals surface area contributed by atoms with Crippen LogP contribution in [-0.2, 0) is 10.0 Å². The maximum atomic E-state index is 12.7. The fraction of sp³-hybridized carbons (Fsp3) is 0.412. The summed E-state index contributed by atoms with van der Waals surface area (Å²) in [6.07, 6.45) is 5.84. The second kappa shape index (κ2) is 9.68. The van der Waals surface area contributed by atoms with Crippen LogP contribution in [0.5, 0.6) is 0 Å². The smallest absolute Gasteiger partial charge is 0.207 e. The molecule has 0 bridgehead atoms. The number of alkyl halides is 1. The predicted molar refractivity (Wildman–Crippen MR) is 92.5 cm³/mol. The zero-order valence-corrected chi connectivity index (χ0v) is 14.6. The molecule has 0 aliphatic heterocycles. The third-order valence-electron chi connectivity index (χ3n) is 3.04. The van der Waals surface area contributed by atoms with Crippen LogP contribution in [-0.4, -0.2) is 31.7 Å². The average molecular weight is 340 g/mol. The molecule has 22 heavy (non-hydrogen) atoms. The predicted octanol–water partition coefficient (Wildman–Crippen LogP) is 3.58. The van der Waals surface area contributed by atoms with Crippen LogP contribution in [0.4, 0.5) is 0 Å². The van der Waals surface area contributed by atoms with Gasteiger partial charge in [-0.2, -0.15) is 4.31 Å². The summed E-state index contributed by atoms with van der Waals surface area (Å²) in [7, 11) is -3.55. The lowest BCUT2D eigenvalue weighted by molar-refractivity contribution is 0.477. The van der Waals surface area contributed by atoms with E-state index in [1.165, 1.54) is 4.31 Å². The molecule has 0 amide bonds. The van der Waals surface area contributed by atoms with Gasteiger partial charge in [-0.25, -0.2) is 8.42 Å². The Morgan fingerprint density at radius 3 is 2.45 bits per heavy atom. The molecular weight excluding hydrogens is 318 g/mol. The van der Waals surface area contributed by atoms with Crippen LogP contribution in [0.2, 0.25) is 0 Å². The highest BCUT2D eigenvalue weighted by molar-refractivity contribution is 7.89. The molecular formula is C17H22ClNO2S. The van der Waals surface area contributed by atoms with E-state index in [9.17, 15) is 8.42 Å². The van der Waals surface area contributed by atoms with Gasteiger partial charge in [-0.05, 0) is 25.5 Å². The molecule has 0 atom stereocenters. The molecule has 0 radical (unpaired) electrons. The maximum Gasteiger partial charge on any atom is 0.244 e. The van der Waals surface area contributed by atoms with Gasteiger partial charge in [0.2, 0.25) is 10.0 Å². The molecule has 0 unspecified atom stereocenters. The van der Waals surface area contributed by atoms with Gasteiger partial charge < -0.3 is 0 Å². The molecule has 0 heterocycles. The molecule has 0 aliphatic carbocycles. The van der Waals surface area contributed by atoms with Gasteiger partial charge in [0.1, 0.15) is 0 Å². The van der Waals surface area contributed by atoms with Gasteiger partial charge in [-0.3, -0.25) is 0 Å². The SMILES string of the molecule is CCC/C=C\CN(CC#CCCl)S(=O)(=O)c1ccc(C)cc1. The van der Waals surface area contributed by atoms with Gasteiger partial charge in [0, 0.05) is 6.54 Å². The van der Waals surface area contributed by atoms with Crippen molar-refractivity contribution in [2.24, 2.45) is 0 Å². The van der Waals surface area contributed by atoms with E-state index >= 15 is 0 Å². The second-order valence-electron chi connectivity index (χ2n) is 4.86. The summed E-state index contributed by atoms with van der Waals surface area (Å²) < 4.78 is 26.8. The molecule has 0 fully saturated rings. The Balaban J connectivity index is 2.98. The Morgan fingerprint density at radius 1 is 1.18 bits per heavy atom. The summed E-state index contributed by atoms with van der Waals surface area (Å²) in [6.45, 7) is 4.46. The van der Waals surface area contributed by atoms with Crippen molar-refractivity contribution in [2.75, 3.05) is 19.0 Å². The van der Waals surface area contributed by atoms with Gasteiger partial charge in [0.15, 0.2) is 0 Å². The molecule has 0 aliphatic rings. The highest BCUT2D eigenvalue weighted by atomic mass is 35.5. The van der Waals surface area contributed by atoms with Gasteiger partial charge in [0.25, 0.3) is 0 Å². The number of unbranched alkanes of at least 4 members (excludes halogenated alkanes) is 1. The van der Waals surface area contributed by atoms with Gasteiger partial charge >= 0.3 is 0 Å². The minimum Gasteiger partial charge on any atom is -0.207 e. The van der Waals surface area contributed by atoms with Gasteiger partial charge in [-0.15, -0.1) is 11.6 Å². The summed E-state index contributed by atoms with van der Waals surface area (Å²) >= 11 is 5.52. The molecule has 0 saturated heterocycles. The Bertz CT molecular complexity index is 639. The Labute approximate surface area is 139 Å². The third kappa shape index (κ3) is 5.84. The van der Waals surface area contributed by atoms with Crippen LogP contribution in [0.15, 0.2) is 41.3 Å². The summed E-state index contributed by atoms with van der Waals surface area (Å²) in [5.41, 5.74) is 1.02. The van der Waals surface area contributed by atoms with Crippen molar-refractivity contribution in [3.05, 3.63) is 42.0 Å². The number of hydrogen-bond acceptors (Lipinski definition) is 2. The number of sulfonamides is 1. The molecule has 0 N–H and O–H groups in total. The fourth-order valence-electron chi connectivity index (χ4n) is 1.77. The van der Waals surface area contributed by atoms with Gasteiger partial charge in [0.05, 0.1) is 17.3 Å². The van der Waals surface area contributed by atoms with E-state index in [1.807, 2.05) is 19.1 Å². The number of hydrogen-bond donors (Lipinski definition) is 0. The second-order valence-corrected chi connectivity index (χ2v) is 7.06. The lowest BCUT2D eigenvalue weighted by atomic mass is 10.2. The van der Waals surface area contributed by atoms with E-state index in [0.29, 0.717) is 6.54 Å². The highest BCUT2D eigenvalue weighted by Gasteiger charge is 2.22. The standard InChI is InChI=1S/C17H22ClNO2S/c1-3-4-5-7-14-19(15-8-6-13-18)22(20,21)17-11-9-16(2)10-12-17/h5,7,9-12H,3-4,13-15H2,1-2H3/b7-5-. The Morgan fingerprint density at radius 2 is 1.86 bits per heavy atom. The van der Waals surface area contributed by atoms with Crippen LogP contribution >= 0.6 is 11.6 Å². The van der Waals surface area contributed by atoms with Crippen molar-refractivity contribution in [1.29, 1.82) is 0 Å². The number of benzene rings is 1. The number of rotatable bonds is 7. The summed E-state index contributed by atoms with van der Waals surface area (Å²) in [5, 5.41) is 0. The van der Waals surface area contributed by atoms with Crippen molar-refractivity contribution >= 4 is 21.6 Å². The van der Waals surface area contributed by atoms with Crippen LogP contribution in [0.1, 0.15) is 25.3 Å². The van der Waals surface area contributed by atoms with Crippen molar-refractivity contribution < 1.29 is 8.42 Å². The minimum atomic E-state index is -3.55. The first-order valence-electron chi connectivity index (χ1n) is 7.26. The molecule has 0 spiro atoms. The Hall–Kier alpha value is -1.28. The number of allylic oxidation sites excluding steroid dienone is 1. The molecule has 120 valence electrons. The zero-order chi connectivity index (χ0) is 16.4. The molecule has 0 aromatic heterocycles. The van der Waals surface area contributed by atoms with E-state index < -0.39 is 10.0 Å². The Kier molecular flexibility index (Phi) is 8.26. The quantitative estimate of drug-likeness (QED) is 0.432. The van der Waals surface area contributed by atoms with Crippen molar-refractivity contribution in [2.45, 2.75) is 31.6 Å². The monoisotopic (exact) mass is 339 g/mol. The van der Waals surface area contributed by atoms with Gasteiger partial charge in [-0.1, -0.05) is 55.0 Å². The van der Waals surface area contributed by atoms with Crippen molar-refractivity contribution in [3.63, 3.8) is 0 Å². The lowest BCUT2D eigenvalue weighted by Crippen LogP contribution is -2.31. The lowest BCUT2D eigenvalue weighted by Gasteiger charge is -2.18. The first kappa shape index (κ1) is 18.8. The molecule has 3 nitrogen and oxygen atoms in total. The molecule has 1 rings (SSSR count). The van der Waals surface area contributed by atoms with Crippen LogP contribution in [0.3, 0.4) is 0 Å². The van der Waals surface area contributed by atoms with Crippen molar-refractivity contribution in [3.8, 4) is 11.8 Å². The first-order valence-corrected chi connectivity index (χ1v) is 9.23. The maximum absolute atomic E-state index is 12.7. The van der Waals surface area contributed by atoms with E-state index in [2.05, 4.69) is 18.8 Å². The van der Waals surface area contributed by atoms with E-state index in [-0.39, 0.29) is 17.3 Å². The molecule has 1 aromatic rings. The number of aryl methyl sites for hydroxylation is 1. The largest absolute Gasteiger partial charge is 0.244 e. The minimum absolute atomic E-state index is 0.138. The normalized spacial score (nSPS) is 11.6. The molecule has 5 heteroatoms. The van der Waals surface area contributed by atoms with Crippen LogP contribution < -0.4 is 0 Å². The highest BCUT2D eigenvalue weighted by Crippen LogP contribution is 2.16. The zero-order valence-electron chi connectivity index (χ0n) is 13.0.